The summed E-state index contributed by atoms with van der Waals surface area (Å²) in [5.41, 5.74) is 7.72. The van der Waals surface area contributed by atoms with Gasteiger partial charge in [-0.15, -0.1) is 0 Å². The first-order chi connectivity index (χ1) is 10.2. The van der Waals surface area contributed by atoms with E-state index < -0.39 is 0 Å². The van der Waals surface area contributed by atoms with Crippen LogP contribution >= 0.6 is 0 Å². The van der Waals surface area contributed by atoms with Gasteiger partial charge >= 0.3 is 0 Å². The van der Waals surface area contributed by atoms with Crippen molar-refractivity contribution in [2.45, 2.75) is 19.8 Å². The smallest absolute Gasteiger partial charge is 0.239 e. The molecule has 0 unspecified atom stereocenters. The molecule has 0 atom stereocenters. The Kier molecular flexibility index (Phi) is 5.37. The van der Waals surface area contributed by atoms with Gasteiger partial charge in [-0.2, -0.15) is 4.98 Å². The van der Waals surface area contributed by atoms with Crippen LogP contribution < -0.4 is 15.4 Å². The number of rotatable bonds is 7. The number of hydrogen-bond acceptors (Lipinski definition) is 5. The average molecular weight is 286 g/mol. The molecule has 0 aliphatic heterocycles. The van der Waals surface area contributed by atoms with Crippen LogP contribution in [0.5, 0.6) is 5.88 Å². The Bertz CT molecular complexity index is 559. The molecule has 0 aliphatic rings. The fourth-order valence-electron chi connectivity index (χ4n) is 1.93. The van der Waals surface area contributed by atoms with E-state index in [0.717, 1.165) is 25.2 Å². The molecule has 0 radical (unpaired) electrons. The molecule has 0 spiro atoms. The maximum absolute atomic E-state index is 5.88. The maximum atomic E-state index is 5.88. The van der Waals surface area contributed by atoms with Gasteiger partial charge in [-0.3, -0.25) is 4.98 Å². The fourth-order valence-corrected chi connectivity index (χ4v) is 1.93. The molecule has 0 bridgehead atoms. The van der Waals surface area contributed by atoms with Gasteiger partial charge in [0.25, 0.3) is 0 Å². The molecule has 2 N–H and O–H groups in total. The number of hydrogen-bond donors (Lipinski definition) is 1. The lowest BCUT2D eigenvalue weighted by Crippen LogP contribution is -2.21. The molecule has 5 heteroatoms. The zero-order chi connectivity index (χ0) is 15.1. The molecule has 0 aliphatic carbocycles. The third kappa shape index (κ3) is 4.34. The highest BCUT2D eigenvalue weighted by Gasteiger charge is 2.08. The third-order valence-electron chi connectivity index (χ3n) is 3.19. The number of pyridine rings is 2. The highest BCUT2D eigenvalue weighted by atomic mass is 16.5. The summed E-state index contributed by atoms with van der Waals surface area (Å²) in [5.74, 6) is 1.38. The Labute approximate surface area is 125 Å². The minimum Gasteiger partial charge on any atom is -0.476 e. The highest BCUT2D eigenvalue weighted by molar-refractivity contribution is 5.54. The van der Waals surface area contributed by atoms with Gasteiger partial charge in [0, 0.05) is 26.0 Å². The van der Waals surface area contributed by atoms with E-state index in [0.29, 0.717) is 18.2 Å². The van der Waals surface area contributed by atoms with Crippen LogP contribution in [0, 0.1) is 0 Å². The first-order valence-electron chi connectivity index (χ1n) is 7.20. The molecule has 0 saturated heterocycles. The van der Waals surface area contributed by atoms with Crippen molar-refractivity contribution >= 4 is 11.5 Å². The van der Waals surface area contributed by atoms with Crippen LogP contribution in [0.25, 0.3) is 0 Å². The van der Waals surface area contributed by atoms with Crippen molar-refractivity contribution in [2.24, 2.45) is 0 Å². The van der Waals surface area contributed by atoms with E-state index in [9.17, 15) is 0 Å². The van der Waals surface area contributed by atoms with Crippen LogP contribution in [0.3, 0.4) is 0 Å². The lowest BCUT2D eigenvalue weighted by molar-refractivity contribution is 0.307. The van der Waals surface area contributed by atoms with Gasteiger partial charge in [-0.1, -0.05) is 6.92 Å². The largest absolute Gasteiger partial charge is 0.476 e. The van der Waals surface area contributed by atoms with Crippen molar-refractivity contribution < 1.29 is 4.74 Å². The predicted molar refractivity (Wildman–Crippen MR) is 85.6 cm³/mol. The predicted octanol–water partition coefficient (Wildman–Crippen LogP) is 2.53. The van der Waals surface area contributed by atoms with Crippen LogP contribution in [0.2, 0.25) is 0 Å². The van der Waals surface area contributed by atoms with Gasteiger partial charge in [-0.25, -0.2) is 0 Å². The molecule has 0 fully saturated rings. The van der Waals surface area contributed by atoms with E-state index in [1.807, 2.05) is 43.7 Å². The standard InChI is InChI=1S/C16H22N4O/c1-3-12-21-16-14(17)4-5-15(19-16)20(2)11-8-13-6-9-18-10-7-13/h4-7,9-10H,3,8,11-12,17H2,1-2H3. The molecule has 0 amide bonds. The number of nitrogens with zero attached hydrogens (tertiary/aromatic N) is 3. The van der Waals surface area contributed by atoms with Crippen molar-refractivity contribution in [2.75, 3.05) is 30.8 Å². The molecule has 0 aromatic carbocycles. The summed E-state index contributed by atoms with van der Waals surface area (Å²) in [4.78, 5) is 10.6. The Hall–Kier alpha value is -2.30. The van der Waals surface area contributed by atoms with Crippen LogP contribution in [0.4, 0.5) is 11.5 Å². The van der Waals surface area contributed by atoms with Crippen LogP contribution in [-0.2, 0) is 6.42 Å². The highest BCUT2D eigenvalue weighted by Crippen LogP contribution is 2.22. The van der Waals surface area contributed by atoms with Gasteiger partial charge in [-0.05, 0) is 42.7 Å². The average Bonchev–Trinajstić information content (AvgIpc) is 2.53. The molecule has 2 aromatic heterocycles. The second kappa shape index (κ2) is 7.47. The van der Waals surface area contributed by atoms with Crippen LogP contribution in [0.15, 0.2) is 36.7 Å². The molecule has 2 rings (SSSR count). The minimum absolute atomic E-state index is 0.519. The summed E-state index contributed by atoms with van der Waals surface area (Å²) >= 11 is 0. The molecule has 2 aromatic rings. The molecule has 112 valence electrons. The summed E-state index contributed by atoms with van der Waals surface area (Å²) < 4.78 is 5.57. The second-order valence-electron chi connectivity index (χ2n) is 4.94. The Morgan fingerprint density at radius 1 is 1.19 bits per heavy atom. The van der Waals surface area contributed by atoms with E-state index >= 15 is 0 Å². The van der Waals surface area contributed by atoms with Crippen molar-refractivity contribution in [3.63, 3.8) is 0 Å². The number of aromatic nitrogens is 2. The normalized spacial score (nSPS) is 10.4. The van der Waals surface area contributed by atoms with Gasteiger partial charge in [0.05, 0.1) is 12.3 Å². The number of likely N-dealkylation sites (N-methyl/N-ethyl adjacent to an activating group) is 1. The molecule has 0 saturated carbocycles. The zero-order valence-electron chi connectivity index (χ0n) is 12.6. The second-order valence-corrected chi connectivity index (χ2v) is 4.94. The van der Waals surface area contributed by atoms with E-state index in [4.69, 9.17) is 10.5 Å². The van der Waals surface area contributed by atoms with Crippen molar-refractivity contribution in [1.29, 1.82) is 0 Å². The Morgan fingerprint density at radius 3 is 2.67 bits per heavy atom. The van der Waals surface area contributed by atoms with E-state index in [1.54, 1.807) is 0 Å². The monoisotopic (exact) mass is 286 g/mol. The molecule has 5 nitrogen and oxygen atoms in total. The molecular formula is C16H22N4O. The van der Waals surface area contributed by atoms with E-state index in [1.165, 1.54) is 5.56 Å². The van der Waals surface area contributed by atoms with Crippen LogP contribution in [-0.4, -0.2) is 30.2 Å². The number of anilines is 2. The van der Waals surface area contributed by atoms with E-state index in [-0.39, 0.29) is 0 Å². The number of nitrogens with two attached hydrogens (primary N) is 1. The van der Waals surface area contributed by atoms with Gasteiger partial charge < -0.3 is 15.4 Å². The summed E-state index contributed by atoms with van der Waals surface area (Å²) in [5, 5.41) is 0. The first-order valence-corrected chi connectivity index (χ1v) is 7.20. The summed E-state index contributed by atoms with van der Waals surface area (Å²) in [7, 11) is 2.02. The number of ether oxygens (including phenoxy) is 1. The summed E-state index contributed by atoms with van der Waals surface area (Å²) in [6.45, 7) is 3.55. The molecular weight excluding hydrogens is 264 g/mol. The lowest BCUT2D eigenvalue weighted by atomic mass is 10.2. The van der Waals surface area contributed by atoms with E-state index in [2.05, 4.69) is 21.8 Å². The Balaban J connectivity index is 2.00. The summed E-state index contributed by atoms with van der Waals surface area (Å²) in [6, 6.07) is 7.82. The van der Waals surface area contributed by atoms with Crippen molar-refractivity contribution in [1.82, 2.24) is 9.97 Å². The number of nitrogen functional groups attached to an aromatic ring is 1. The fraction of sp³-hybridized carbons (Fsp3) is 0.375. The SMILES string of the molecule is CCCOc1nc(N(C)CCc2ccncc2)ccc1N. The molecule has 21 heavy (non-hydrogen) atoms. The minimum atomic E-state index is 0.519. The van der Waals surface area contributed by atoms with Gasteiger partial charge in [0.2, 0.25) is 5.88 Å². The van der Waals surface area contributed by atoms with Gasteiger partial charge in [0.15, 0.2) is 0 Å². The zero-order valence-corrected chi connectivity index (χ0v) is 12.6. The molecule has 2 heterocycles. The maximum Gasteiger partial charge on any atom is 0.239 e. The van der Waals surface area contributed by atoms with Gasteiger partial charge in [0.1, 0.15) is 5.82 Å². The quantitative estimate of drug-likeness (QED) is 0.847. The Morgan fingerprint density at radius 2 is 1.95 bits per heavy atom. The summed E-state index contributed by atoms with van der Waals surface area (Å²) in [6.07, 6.45) is 5.50. The topological polar surface area (TPSA) is 64.3 Å². The van der Waals surface area contributed by atoms with Crippen LogP contribution in [0.1, 0.15) is 18.9 Å². The van der Waals surface area contributed by atoms with Crippen molar-refractivity contribution in [3.05, 3.63) is 42.2 Å². The third-order valence-corrected chi connectivity index (χ3v) is 3.19. The first kappa shape index (κ1) is 15.1. The van der Waals surface area contributed by atoms with Crippen molar-refractivity contribution in [3.8, 4) is 5.88 Å². The lowest BCUT2D eigenvalue weighted by Gasteiger charge is -2.19.